The molecular weight excluding hydrogens is 336 g/mol. The third-order valence-electron chi connectivity index (χ3n) is 2.05. The highest BCUT2D eigenvalue weighted by Crippen LogP contribution is 2.30. The fourth-order valence-electron chi connectivity index (χ4n) is 1.24. The second kappa shape index (κ2) is 5.81. The maximum absolute atomic E-state index is 10.6. The van der Waals surface area contributed by atoms with Gasteiger partial charge in [0.05, 0.1) is 17.8 Å². The quantitative estimate of drug-likeness (QED) is 0.920. The van der Waals surface area contributed by atoms with Crippen molar-refractivity contribution < 1.29 is 9.90 Å². The van der Waals surface area contributed by atoms with Crippen LogP contribution in [0, 0.1) is 6.92 Å². The van der Waals surface area contributed by atoms with Crippen molar-refractivity contribution in [3.05, 3.63) is 33.4 Å². The van der Waals surface area contributed by atoms with Crippen LogP contribution in [-0.2, 0) is 11.2 Å². The Bertz CT molecular complexity index is 586. The van der Waals surface area contributed by atoms with Crippen LogP contribution < -0.4 is 0 Å². The van der Waals surface area contributed by atoms with E-state index in [1.807, 2.05) is 19.1 Å². The van der Waals surface area contributed by atoms with Crippen LogP contribution in [0.5, 0.6) is 0 Å². The van der Waals surface area contributed by atoms with Crippen molar-refractivity contribution >= 4 is 45.0 Å². The normalized spacial score (nSPS) is 10.6. The summed E-state index contributed by atoms with van der Waals surface area (Å²) in [4.78, 5) is 19.2. The van der Waals surface area contributed by atoms with Crippen molar-refractivity contribution in [1.82, 2.24) is 9.97 Å². The minimum Gasteiger partial charge on any atom is -0.481 e. The van der Waals surface area contributed by atoms with Gasteiger partial charge in [-0.05, 0) is 46.7 Å². The summed E-state index contributed by atoms with van der Waals surface area (Å²) in [6.07, 6.45) is -0.0378. The van der Waals surface area contributed by atoms with E-state index in [1.165, 1.54) is 23.1 Å². The van der Waals surface area contributed by atoms with Crippen molar-refractivity contribution in [3.8, 4) is 0 Å². The molecule has 4 nitrogen and oxygen atoms in total. The monoisotopic (exact) mass is 344 g/mol. The number of carbonyl (C=O) groups is 1. The van der Waals surface area contributed by atoms with E-state index >= 15 is 0 Å². The Hall–Kier alpha value is -0.920. The van der Waals surface area contributed by atoms with Gasteiger partial charge in [0.25, 0.3) is 0 Å². The summed E-state index contributed by atoms with van der Waals surface area (Å²) in [7, 11) is 0. The van der Waals surface area contributed by atoms with Crippen LogP contribution in [0.15, 0.2) is 31.4 Å². The topological polar surface area (TPSA) is 63.1 Å². The van der Waals surface area contributed by atoms with Crippen LogP contribution in [0.3, 0.4) is 0 Å². The molecule has 0 unspecified atom stereocenters. The van der Waals surface area contributed by atoms with E-state index in [2.05, 4.69) is 25.9 Å². The average Bonchev–Trinajstić information content (AvgIpc) is 2.70. The number of halogens is 1. The van der Waals surface area contributed by atoms with Gasteiger partial charge in [0.1, 0.15) is 5.03 Å². The van der Waals surface area contributed by atoms with Gasteiger partial charge in [-0.2, -0.15) is 0 Å². The number of carboxylic acids is 1. The first kappa shape index (κ1) is 13.5. The number of nitrogens with zero attached hydrogens (tertiary/aromatic N) is 2. The standard InChI is InChI=1S/C11H9BrN2O2S2/c1-6-8(12)2-3-9(13-6)18-11-14-7(5-17-11)4-10(15)16/h2-3,5H,4H2,1H3,(H,15,16). The van der Waals surface area contributed by atoms with Crippen molar-refractivity contribution in [3.63, 3.8) is 0 Å². The van der Waals surface area contributed by atoms with Crippen molar-refractivity contribution in [2.75, 3.05) is 0 Å². The van der Waals surface area contributed by atoms with Gasteiger partial charge in [-0.15, -0.1) is 11.3 Å². The highest BCUT2D eigenvalue weighted by Gasteiger charge is 2.08. The molecule has 2 heterocycles. The first-order valence-corrected chi connectivity index (χ1v) is 7.50. The highest BCUT2D eigenvalue weighted by atomic mass is 79.9. The Balaban J connectivity index is 2.11. The van der Waals surface area contributed by atoms with Gasteiger partial charge in [-0.3, -0.25) is 4.79 Å². The number of hydrogen-bond acceptors (Lipinski definition) is 5. The molecule has 0 saturated heterocycles. The lowest BCUT2D eigenvalue weighted by atomic mass is 10.3. The van der Waals surface area contributed by atoms with E-state index < -0.39 is 5.97 Å². The molecule has 94 valence electrons. The molecular formula is C11H9BrN2O2S2. The van der Waals surface area contributed by atoms with Gasteiger partial charge >= 0.3 is 5.97 Å². The minimum atomic E-state index is -0.866. The zero-order valence-electron chi connectivity index (χ0n) is 9.38. The lowest BCUT2D eigenvalue weighted by Gasteiger charge is -2.00. The molecule has 0 fully saturated rings. The summed E-state index contributed by atoms with van der Waals surface area (Å²) in [5, 5.41) is 11.3. The van der Waals surface area contributed by atoms with Gasteiger partial charge in [0.15, 0.2) is 4.34 Å². The van der Waals surface area contributed by atoms with E-state index in [0.717, 1.165) is 19.5 Å². The number of hydrogen-bond donors (Lipinski definition) is 1. The molecule has 7 heteroatoms. The maximum atomic E-state index is 10.6. The molecule has 1 N–H and O–H groups in total. The molecule has 0 saturated carbocycles. The molecule has 0 atom stereocenters. The summed E-state index contributed by atoms with van der Waals surface area (Å²) in [5.74, 6) is -0.866. The molecule has 0 aromatic carbocycles. The molecule has 18 heavy (non-hydrogen) atoms. The second-order valence-electron chi connectivity index (χ2n) is 3.49. The van der Waals surface area contributed by atoms with Crippen LogP contribution >= 0.6 is 39.0 Å². The highest BCUT2D eigenvalue weighted by molar-refractivity contribution is 9.10. The lowest BCUT2D eigenvalue weighted by molar-refractivity contribution is -0.136. The Morgan fingerprint density at radius 2 is 2.28 bits per heavy atom. The van der Waals surface area contributed by atoms with Crippen molar-refractivity contribution in [1.29, 1.82) is 0 Å². The number of carboxylic acid groups (broad SMARTS) is 1. The lowest BCUT2D eigenvalue weighted by Crippen LogP contribution is -1.99. The predicted octanol–water partition coefficient (Wildman–Crippen LogP) is 3.39. The van der Waals surface area contributed by atoms with E-state index in [9.17, 15) is 4.79 Å². The first-order chi connectivity index (χ1) is 8.54. The van der Waals surface area contributed by atoms with Crippen molar-refractivity contribution in [2.45, 2.75) is 22.7 Å². The van der Waals surface area contributed by atoms with Gasteiger partial charge in [0, 0.05) is 9.85 Å². The zero-order chi connectivity index (χ0) is 13.1. The van der Waals surface area contributed by atoms with Crippen LogP contribution in [0.4, 0.5) is 0 Å². The van der Waals surface area contributed by atoms with E-state index in [1.54, 1.807) is 5.38 Å². The number of thiazole rings is 1. The van der Waals surface area contributed by atoms with Gasteiger partial charge in [-0.1, -0.05) is 0 Å². The average molecular weight is 345 g/mol. The molecule has 0 radical (unpaired) electrons. The third kappa shape index (κ3) is 3.54. The van der Waals surface area contributed by atoms with E-state index in [4.69, 9.17) is 5.11 Å². The summed E-state index contributed by atoms with van der Waals surface area (Å²) in [5.41, 5.74) is 1.51. The molecule has 2 aromatic rings. The molecule has 0 spiro atoms. The van der Waals surface area contributed by atoms with Crippen LogP contribution in [0.2, 0.25) is 0 Å². The summed E-state index contributed by atoms with van der Waals surface area (Å²) < 4.78 is 1.78. The number of aliphatic carboxylic acids is 1. The Labute approximate surface area is 121 Å². The molecule has 2 aromatic heterocycles. The van der Waals surface area contributed by atoms with Gasteiger partial charge in [0.2, 0.25) is 0 Å². The Morgan fingerprint density at radius 1 is 1.50 bits per heavy atom. The summed E-state index contributed by atoms with van der Waals surface area (Å²) in [6, 6.07) is 3.84. The molecule has 0 aliphatic rings. The molecule has 0 aliphatic carbocycles. The second-order valence-corrected chi connectivity index (χ2v) is 6.47. The Kier molecular flexibility index (Phi) is 4.36. The fraction of sp³-hybridized carbons (Fsp3) is 0.182. The van der Waals surface area contributed by atoms with Crippen LogP contribution in [-0.4, -0.2) is 21.0 Å². The fourth-order valence-corrected chi connectivity index (χ4v) is 3.26. The number of pyridine rings is 1. The van der Waals surface area contributed by atoms with Crippen molar-refractivity contribution in [2.24, 2.45) is 0 Å². The maximum Gasteiger partial charge on any atom is 0.309 e. The van der Waals surface area contributed by atoms with Crippen LogP contribution in [0.1, 0.15) is 11.4 Å². The molecule has 2 rings (SSSR count). The third-order valence-corrected chi connectivity index (χ3v) is 4.81. The predicted molar refractivity (Wildman–Crippen MR) is 74.3 cm³/mol. The number of aromatic nitrogens is 2. The SMILES string of the molecule is Cc1nc(Sc2nc(CC(=O)O)cs2)ccc1Br. The molecule has 0 amide bonds. The van der Waals surface area contributed by atoms with E-state index in [-0.39, 0.29) is 6.42 Å². The smallest absolute Gasteiger partial charge is 0.309 e. The first-order valence-electron chi connectivity index (χ1n) is 5.02. The van der Waals surface area contributed by atoms with Gasteiger partial charge < -0.3 is 5.11 Å². The molecule has 0 aliphatic heterocycles. The minimum absolute atomic E-state index is 0.0378. The van der Waals surface area contributed by atoms with Gasteiger partial charge in [-0.25, -0.2) is 9.97 Å². The summed E-state index contributed by atoms with van der Waals surface area (Å²) >= 11 is 6.27. The summed E-state index contributed by atoms with van der Waals surface area (Å²) in [6.45, 7) is 1.92. The molecule has 0 bridgehead atoms. The number of rotatable bonds is 4. The zero-order valence-corrected chi connectivity index (χ0v) is 12.6. The van der Waals surface area contributed by atoms with Crippen LogP contribution in [0.25, 0.3) is 0 Å². The Morgan fingerprint density at radius 3 is 2.94 bits per heavy atom. The largest absolute Gasteiger partial charge is 0.481 e. The van der Waals surface area contributed by atoms with E-state index in [0.29, 0.717) is 5.69 Å². The number of aryl methyl sites for hydroxylation is 1.